The van der Waals surface area contributed by atoms with Crippen molar-refractivity contribution in [2.75, 3.05) is 18.9 Å². The van der Waals surface area contributed by atoms with Crippen molar-refractivity contribution < 1.29 is 18.3 Å². The maximum absolute atomic E-state index is 11.9. The minimum atomic E-state index is -2.81. The number of hydrogen-bond donors (Lipinski definition) is 2. The van der Waals surface area contributed by atoms with Gasteiger partial charge in [-0.1, -0.05) is 0 Å². The number of benzene rings is 1. The van der Waals surface area contributed by atoms with Crippen LogP contribution < -0.4 is 15.4 Å². The monoisotopic (exact) mass is 258 g/mol. The third kappa shape index (κ3) is 5.47. The molecule has 0 aliphatic rings. The fourth-order valence-corrected chi connectivity index (χ4v) is 1.36. The average molecular weight is 258 g/mol. The number of amides is 1. The Morgan fingerprint density at radius 2 is 2.00 bits per heavy atom. The number of alkyl halides is 2. The van der Waals surface area contributed by atoms with Crippen molar-refractivity contribution in [2.45, 2.75) is 19.5 Å². The third-order valence-electron chi connectivity index (χ3n) is 2.27. The molecule has 0 saturated heterocycles. The summed E-state index contributed by atoms with van der Waals surface area (Å²) >= 11 is 0. The highest BCUT2D eigenvalue weighted by atomic mass is 19.3. The Balaban J connectivity index is 2.28. The Kier molecular flexibility index (Phi) is 5.90. The lowest BCUT2D eigenvalue weighted by atomic mass is 10.2. The van der Waals surface area contributed by atoms with Gasteiger partial charge in [0.1, 0.15) is 5.75 Å². The number of halogens is 2. The van der Waals surface area contributed by atoms with Crippen molar-refractivity contribution in [1.82, 2.24) is 5.32 Å². The summed E-state index contributed by atoms with van der Waals surface area (Å²) in [4.78, 5) is 10.9. The first-order valence-electron chi connectivity index (χ1n) is 5.61. The lowest BCUT2D eigenvalue weighted by Gasteiger charge is -2.08. The second-order valence-electron chi connectivity index (χ2n) is 3.61. The Morgan fingerprint density at radius 1 is 1.33 bits per heavy atom. The van der Waals surface area contributed by atoms with Gasteiger partial charge < -0.3 is 15.4 Å². The van der Waals surface area contributed by atoms with E-state index in [0.717, 1.165) is 5.69 Å². The largest absolute Gasteiger partial charge is 0.435 e. The lowest BCUT2D eigenvalue weighted by molar-refractivity contribution is -0.120. The highest BCUT2D eigenvalue weighted by Crippen LogP contribution is 2.17. The highest BCUT2D eigenvalue weighted by molar-refractivity contribution is 5.75. The number of carbonyl (C=O) groups is 1. The minimum absolute atomic E-state index is 0.00233. The second kappa shape index (κ2) is 7.47. The maximum atomic E-state index is 11.9. The molecule has 1 aromatic rings. The molecule has 0 atom stereocenters. The topological polar surface area (TPSA) is 50.4 Å². The molecule has 0 unspecified atom stereocenters. The van der Waals surface area contributed by atoms with E-state index in [1.807, 2.05) is 0 Å². The van der Waals surface area contributed by atoms with E-state index in [9.17, 15) is 13.6 Å². The number of nitrogens with one attached hydrogen (secondary N) is 2. The smallest absolute Gasteiger partial charge is 0.387 e. The molecule has 100 valence electrons. The summed E-state index contributed by atoms with van der Waals surface area (Å²) in [7, 11) is 1.59. The minimum Gasteiger partial charge on any atom is -0.435 e. The van der Waals surface area contributed by atoms with Crippen molar-refractivity contribution in [2.24, 2.45) is 0 Å². The van der Waals surface area contributed by atoms with Crippen LogP contribution in [-0.4, -0.2) is 26.1 Å². The summed E-state index contributed by atoms with van der Waals surface area (Å²) in [6.45, 7) is -2.17. The van der Waals surface area contributed by atoms with Gasteiger partial charge in [0.15, 0.2) is 0 Å². The molecular weight excluding hydrogens is 242 g/mol. The zero-order valence-electron chi connectivity index (χ0n) is 10.1. The van der Waals surface area contributed by atoms with E-state index in [1.54, 1.807) is 19.2 Å². The lowest BCUT2D eigenvalue weighted by Crippen LogP contribution is -2.18. The molecule has 0 aliphatic heterocycles. The number of carbonyl (C=O) groups excluding carboxylic acids is 1. The molecule has 2 N–H and O–H groups in total. The van der Waals surface area contributed by atoms with Crippen LogP contribution >= 0.6 is 0 Å². The summed E-state index contributed by atoms with van der Waals surface area (Å²) in [6, 6.07) is 6.23. The molecule has 0 radical (unpaired) electrons. The highest BCUT2D eigenvalue weighted by Gasteiger charge is 2.03. The molecule has 0 spiro atoms. The van der Waals surface area contributed by atoms with Crippen molar-refractivity contribution in [1.29, 1.82) is 0 Å². The van der Waals surface area contributed by atoms with E-state index in [2.05, 4.69) is 15.4 Å². The molecule has 0 bridgehead atoms. The summed E-state index contributed by atoms with van der Waals surface area (Å²) in [5.41, 5.74) is 0.800. The molecule has 6 heteroatoms. The second-order valence-corrected chi connectivity index (χ2v) is 3.61. The zero-order chi connectivity index (χ0) is 13.4. The summed E-state index contributed by atoms with van der Waals surface area (Å²) in [5, 5.41) is 5.62. The normalized spacial score (nSPS) is 10.2. The van der Waals surface area contributed by atoms with Crippen LogP contribution in [0.25, 0.3) is 0 Å². The number of anilines is 1. The summed E-state index contributed by atoms with van der Waals surface area (Å²) in [6.07, 6.45) is 1.16. The van der Waals surface area contributed by atoms with Gasteiger partial charge in [0, 0.05) is 25.7 Å². The molecule has 4 nitrogen and oxygen atoms in total. The molecule has 0 fully saturated rings. The van der Waals surface area contributed by atoms with Gasteiger partial charge in [0.25, 0.3) is 0 Å². The standard InChI is InChI=1S/C12H16F2N2O2/c1-15-11(17)3-2-8-16-9-4-6-10(7-5-9)18-12(13)14/h4-7,12,16H,2-3,8H2,1H3,(H,15,17). The molecule has 0 aromatic heterocycles. The van der Waals surface area contributed by atoms with Crippen LogP contribution in [-0.2, 0) is 4.79 Å². The molecular formula is C12H16F2N2O2. The molecule has 1 rings (SSSR count). The molecule has 0 aliphatic carbocycles. The van der Waals surface area contributed by atoms with Crippen molar-refractivity contribution in [3.63, 3.8) is 0 Å². The number of rotatable bonds is 7. The SMILES string of the molecule is CNC(=O)CCCNc1ccc(OC(F)F)cc1. The molecule has 18 heavy (non-hydrogen) atoms. The first kappa shape index (κ1) is 14.2. The average Bonchev–Trinajstić information content (AvgIpc) is 2.35. The summed E-state index contributed by atoms with van der Waals surface area (Å²) < 4.78 is 28.0. The van der Waals surface area contributed by atoms with E-state index in [-0.39, 0.29) is 11.7 Å². The van der Waals surface area contributed by atoms with Crippen LogP contribution in [0.2, 0.25) is 0 Å². The molecule has 0 heterocycles. The van der Waals surface area contributed by atoms with E-state index in [4.69, 9.17) is 0 Å². The van der Waals surface area contributed by atoms with Gasteiger partial charge >= 0.3 is 6.61 Å². The van der Waals surface area contributed by atoms with Crippen LogP contribution in [0.3, 0.4) is 0 Å². The zero-order valence-corrected chi connectivity index (χ0v) is 10.1. The van der Waals surface area contributed by atoms with Gasteiger partial charge in [-0.3, -0.25) is 4.79 Å². The predicted molar refractivity (Wildman–Crippen MR) is 64.9 cm³/mol. The first-order valence-corrected chi connectivity index (χ1v) is 5.61. The quantitative estimate of drug-likeness (QED) is 0.737. The predicted octanol–water partition coefficient (Wildman–Crippen LogP) is 2.23. The van der Waals surface area contributed by atoms with Gasteiger partial charge in [0.05, 0.1) is 0 Å². The van der Waals surface area contributed by atoms with Crippen molar-refractivity contribution in [3.8, 4) is 5.75 Å². The Hall–Kier alpha value is -1.85. The number of hydrogen-bond acceptors (Lipinski definition) is 3. The third-order valence-corrected chi connectivity index (χ3v) is 2.27. The van der Waals surface area contributed by atoms with Gasteiger partial charge in [-0.15, -0.1) is 0 Å². The molecule has 0 saturated carbocycles. The van der Waals surface area contributed by atoms with Crippen LogP contribution in [0, 0.1) is 0 Å². The fraction of sp³-hybridized carbons (Fsp3) is 0.417. The van der Waals surface area contributed by atoms with E-state index in [0.29, 0.717) is 19.4 Å². The Labute approximate surface area is 104 Å². The van der Waals surface area contributed by atoms with Crippen LogP contribution in [0.15, 0.2) is 24.3 Å². The van der Waals surface area contributed by atoms with E-state index < -0.39 is 6.61 Å². The Bertz CT molecular complexity index is 369. The van der Waals surface area contributed by atoms with E-state index in [1.165, 1.54) is 12.1 Å². The van der Waals surface area contributed by atoms with Crippen molar-refractivity contribution in [3.05, 3.63) is 24.3 Å². The van der Waals surface area contributed by atoms with Crippen LogP contribution in [0.1, 0.15) is 12.8 Å². The molecule has 1 aromatic carbocycles. The van der Waals surface area contributed by atoms with Crippen LogP contribution in [0.5, 0.6) is 5.75 Å². The molecule has 1 amide bonds. The van der Waals surface area contributed by atoms with Gasteiger partial charge in [-0.2, -0.15) is 8.78 Å². The first-order chi connectivity index (χ1) is 8.61. The van der Waals surface area contributed by atoms with Gasteiger partial charge in [-0.25, -0.2) is 0 Å². The van der Waals surface area contributed by atoms with Crippen LogP contribution in [0.4, 0.5) is 14.5 Å². The summed E-state index contributed by atoms with van der Waals surface area (Å²) in [5.74, 6) is 0.124. The van der Waals surface area contributed by atoms with Gasteiger partial charge in [0.2, 0.25) is 5.91 Å². The van der Waals surface area contributed by atoms with Crippen molar-refractivity contribution >= 4 is 11.6 Å². The fourth-order valence-electron chi connectivity index (χ4n) is 1.36. The Morgan fingerprint density at radius 3 is 2.56 bits per heavy atom. The van der Waals surface area contributed by atoms with Gasteiger partial charge in [-0.05, 0) is 30.7 Å². The van der Waals surface area contributed by atoms with E-state index >= 15 is 0 Å². The maximum Gasteiger partial charge on any atom is 0.387 e. The number of ether oxygens (including phenoxy) is 1.